The Morgan fingerprint density at radius 1 is 1.14 bits per heavy atom. The zero-order valence-electron chi connectivity index (χ0n) is 20.5. The molecule has 3 heterocycles. The fourth-order valence-electron chi connectivity index (χ4n) is 4.60. The highest BCUT2D eigenvalue weighted by Crippen LogP contribution is 2.40. The average molecular weight is 566 g/mol. The van der Waals surface area contributed by atoms with Crippen LogP contribution in [0, 0.1) is 0 Å². The first-order chi connectivity index (χ1) is 17.4. The maximum atomic E-state index is 11.6. The van der Waals surface area contributed by atoms with Crippen LogP contribution in [-0.2, 0) is 26.6 Å². The van der Waals surface area contributed by atoms with E-state index in [0.29, 0.717) is 35.4 Å². The van der Waals surface area contributed by atoms with Gasteiger partial charge in [-0.2, -0.15) is 13.5 Å². The van der Waals surface area contributed by atoms with Crippen molar-refractivity contribution in [1.82, 2.24) is 14.5 Å². The first-order valence-electron chi connectivity index (χ1n) is 11.9. The van der Waals surface area contributed by atoms with Gasteiger partial charge in [0.15, 0.2) is 0 Å². The number of benzene rings is 2. The lowest BCUT2D eigenvalue weighted by molar-refractivity contribution is -0.189. The van der Waals surface area contributed by atoms with Gasteiger partial charge in [-0.05, 0) is 36.4 Å². The number of nitrogens with zero attached hydrogens (tertiary/aromatic N) is 4. The number of ether oxygens (including phenoxy) is 3. The third-order valence-electron chi connectivity index (χ3n) is 6.51. The zero-order chi connectivity index (χ0) is 25.1. The van der Waals surface area contributed by atoms with Crippen LogP contribution in [0.25, 0.3) is 0 Å². The number of carbonyl (C=O) groups is 1. The molecule has 2 aliphatic rings. The molecule has 11 heteroatoms. The summed E-state index contributed by atoms with van der Waals surface area (Å²) in [6.07, 6.45) is 4.98. The molecule has 1 aromatic heterocycles. The number of aromatic nitrogens is 2. The SMILES string of the molecule is CC(=O)N1CCN(c2ccc(OC[C@H]3CO[C@](Cn4ccnc4)(c4ccc(Cl)cc4Cl)O3)cc2)CC1.S. The molecule has 0 radical (unpaired) electrons. The van der Waals surface area contributed by atoms with E-state index in [1.165, 1.54) is 0 Å². The highest BCUT2D eigenvalue weighted by atomic mass is 35.5. The molecule has 1 amide bonds. The van der Waals surface area contributed by atoms with E-state index in [0.717, 1.165) is 37.6 Å². The summed E-state index contributed by atoms with van der Waals surface area (Å²) in [5.74, 6) is -0.201. The van der Waals surface area contributed by atoms with E-state index in [1.54, 1.807) is 31.6 Å². The van der Waals surface area contributed by atoms with Gasteiger partial charge in [0.05, 0.1) is 24.5 Å². The average Bonchev–Trinajstić information content (AvgIpc) is 3.54. The van der Waals surface area contributed by atoms with Crippen molar-refractivity contribution in [2.45, 2.75) is 25.4 Å². The van der Waals surface area contributed by atoms with Crippen molar-refractivity contribution in [2.75, 3.05) is 44.3 Å². The maximum Gasteiger partial charge on any atom is 0.219 e. The second-order valence-electron chi connectivity index (χ2n) is 8.96. The zero-order valence-corrected chi connectivity index (χ0v) is 23.0. The molecule has 0 saturated carbocycles. The van der Waals surface area contributed by atoms with Crippen molar-refractivity contribution in [3.63, 3.8) is 0 Å². The first-order valence-corrected chi connectivity index (χ1v) is 12.6. The quantitative estimate of drug-likeness (QED) is 0.425. The highest BCUT2D eigenvalue weighted by molar-refractivity contribution is 7.59. The number of amides is 1. The topological polar surface area (TPSA) is 69.1 Å². The summed E-state index contributed by atoms with van der Waals surface area (Å²) < 4.78 is 20.6. The molecule has 0 bridgehead atoms. The summed E-state index contributed by atoms with van der Waals surface area (Å²) in [5.41, 5.74) is 1.82. The molecular formula is C26H30Cl2N4O4S. The van der Waals surface area contributed by atoms with Crippen LogP contribution in [0.2, 0.25) is 10.0 Å². The Bertz CT molecular complexity index is 1190. The van der Waals surface area contributed by atoms with Gasteiger partial charge in [-0.15, -0.1) is 0 Å². The van der Waals surface area contributed by atoms with Crippen LogP contribution in [0.1, 0.15) is 12.5 Å². The lowest BCUT2D eigenvalue weighted by Gasteiger charge is -2.35. The van der Waals surface area contributed by atoms with Gasteiger partial charge in [-0.25, -0.2) is 4.98 Å². The van der Waals surface area contributed by atoms with E-state index in [1.807, 2.05) is 46.0 Å². The molecule has 2 saturated heterocycles. The van der Waals surface area contributed by atoms with Crippen molar-refractivity contribution >= 4 is 48.3 Å². The second kappa shape index (κ2) is 12.0. The third-order valence-corrected chi connectivity index (χ3v) is 7.06. The van der Waals surface area contributed by atoms with Gasteiger partial charge < -0.3 is 28.6 Å². The van der Waals surface area contributed by atoms with Crippen molar-refractivity contribution in [2.24, 2.45) is 0 Å². The summed E-state index contributed by atoms with van der Waals surface area (Å²) in [6, 6.07) is 13.3. The van der Waals surface area contributed by atoms with E-state index in [4.69, 9.17) is 37.4 Å². The van der Waals surface area contributed by atoms with Crippen molar-refractivity contribution in [3.8, 4) is 5.75 Å². The van der Waals surface area contributed by atoms with E-state index in [9.17, 15) is 4.79 Å². The molecular weight excluding hydrogens is 535 g/mol. The van der Waals surface area contributed by atoms with Crippen LogP contribution in [0.5, 0.6) is 5.75 Å². The number of hydrogen-bond donors (Lipinski definition) is 0. The molecule has 0 unspecified atom stereocenters. The normalized spacial score (nSPS) is 21.5. The summed E-state index contributed by atoms with van der Waals surface area (Å²) in [5, 5.41) is 1.02. The van der Waals surface area contributed by atoms with Crippen molar-refractivity contribution in [1.29, 1.82) is 0 Å². The Balaban J connectivity index is 0.00000320. The van der Waals surface area contributed by atoms with E-state index >= 15 is 0 Å². The van der Waals surface area contributed by atoms with Gasteiger partial charge in [-0.3, -0.25) is 4.79 Å². The molecule has 2 aromatic carbocycles. The molecule has 2 aliphatic heterocycles. The molecule has 37 heavy (non-hydrogen) atoms. The number of rotatable bonds is 7. The largest absolute Gasteiger partial charge is 0.491 e. The van der Waals surface area contributed by atoms with Gasteiger partial charge in [0.2, 0.25) is 11.7 Å². The number of carbonyl (C=O) groups excluding carboxylic acids is 1. The standard InChI is InChI=1S/C26H28Cl2N4O4.H2S/c1-19(33)31-10-12-32(13-11-31)21-3-5-22(6-4-21)34-15-23-16-35-26(36-23,17-30-9-8-29-18-30)24-7-2-20(27)14-25(24)28;/h2-9,14,18,23H,10-13,15-17H2,1H3;1H2/t23-,26-;/m0./s1. The van der Waals surface area contributed by atoms with Crippen LogP contribution in [-0.4, -0.2) is 65.9 Å². The Morgan fingerprint density at radius 2 is 1.89 bits per heavy atom. The minimum atomic E-state index is -1.08. The van der Waals surface area contributed by atoms with Crippen molar-refractivity contribution in [3.05, 3.63) is 76.8 Å². The predicted molar refractivity (Wildman–Crippen MR) is 148 cm³/mol. The predicted octanol–water partition coefficient (Wildman–Crippen LogP) is 4.32. The minimum Gasteiger partial charge on any atom is -0.491 e. The van der Waals surface area contributed by atoms with Crippen LogP contribution in [0.4, 0.5) is 5.69 Å². The lowest BCUT2D eigenvalue weighted by Crippen LogP contribution is -2.48. The molecule has 198 valence electrons. The molecule has 8 nitrogen and oxygen atoms in total. The van der Waals surface area contributed by atoms with Crippen LogP contribution in [0.15, 0.2) is 61.2 Å². The second-order valence-corrected chi connectivity index (χ2v) is 9.80. The highest BCUT2D eigenvalue weighted by Gasteiger charge is 2.45. The minimum absolute atomic E-state index is 0. The van der Waals surface area contributed by atoms with Crippen LogP contribution in [0.3, 0.4) is 0 Å². The van der Waals surface area contributed by atoms with Gasteiger partial charge in [0, 0.05) is 61.8 Å². The van der Waals surface area contributed by atoms with E-state index < -0.39 is 5.79 Å². The van der Waals surface area contributed by atoms with Gasteiger partial charge in [0.25, 0.3) is 0 Å². The Hall–Kier alpha value is -2.43. The van der Waals surface area contributed by atoms with Gasteiger partial charge in [0.1, 0.15) is 18.5 Å². The summed E-state index contributed by atoms with van der Waals surface area (Å²) in [4.78, 5) is 19.8. The first kappa shape index (κ1) is 27.6. The molecule has 0 N–H and O–H groups in total. The van der Waals surface area contributed by atoms with Crippen LogP contribution >= 0.6 is 36.7 Å². The van der Waals surface area contributed by atoms with Gasteiger partial charge >= 0.3 is 0 Å². The fourth-order valence-corrected chi connectivity index (χ4v) is 5.15. The monoisotopic (exact) mass is 564 g/mol. The smallest absolute Gasteiger partial charge is 0.219 e. The molecule has 3 aromatic rings. The van der Waals surface area contributed by atoms with Crippen molar-refractivity contribution < 1.29 is 19.0 Å². The Morgan fingerprint density at radius 3 is 2.54 bits per heavy atom. The number of anilines is 1. The fraction of sp³-hybridized carbons (Fsp3) is 0.385. The number of piperazine rings is 1. The summed E-state index contributed by atoms with van der Waals surface area (Å²) in [7, 11) is 0. The number of imidazole rings is 1. The van der Waals surface area contributed by atoms with Gasteiger partial charge in [-0.1, -0.05) is 29.3 Å². The Labute approximate surface area is 233 Å². The molecule has 0 spiro atoms. The molecule has 2 atom stereocenters. The molecule has 0 aliphatic carbocycles. The number of hydrogen-bond acceptors (Lipinski definition) is 6. The summed E-state index contributed by atoms with van der Waals surface area (Å²) in [6.45, 7) is 5.80. The maximum absolute atomic E-state index is 11.6. The molecule has 5 rings (SSSR count). The van der Waals surface area contributed by atoms with E-state index in [-0.39, 0.29) is 25.5 Å². The van der Waals surface area contributed by atoms with E-state index in [2.05, 4.69) is 9.88 Å². The van der Waals surface area contributed by atoms with Crippen LogP contribution < -0.4 is 9.64 Å². The summed E-state index contributed by atoms with van der Waals surface area (Å²) >= 11 is 12.7. The molecule has 2 fully saturated rings. The number of halogens is 2. The Kier molecular flexibility index (Phi) is 8.92. The lowest BCUT2D eigenvalue weighted by atomic mass is 10.1. The third kappa shape index (κ3) is 6.35.